The van der Waals surface area contributed by atoms with Gasteiger partial charge in [-0.25, -0.2) is 0 Å². The van der Waals surface area contributed by atoms with Crippen molar-refractivity contribution in [3.05, 3.63) is 28.3 Å². The third-order valence-electron chi connectivity index (χ3n) is 4.16. The minimum atomic E-state index is 0.0374. The highest BCUT2D eigenvalue weighted by atomic mass is 35.5. The van der Waals surface area contributed by atoms with Gasteiger partial charge in [-0.1, -0.05) is 11.6 Å². The van der Waals surface area contributed by atoms with E-state index >= 15 is 0 Å². The zero-order valence-corrected chi connectivity index (χ0v) is 14.7. The van der Waals surface area contributed by atoms with E-state index in [1.807, 2.05) is 17.9 Å². The van der Waals surface area contributed by atoms with Crippen molar-refractivity contribution in [2.45, 2.75) is 26.7 Å². The van der Waals surface area contributed by atoms with Crippen LogP contribution < -0.4 is 4.74 Å². The summed E-state index contributed by atoms with van der Waals surface area (Å²) >= 11 is 6.10. The second-order valence-electron chi connectivity index (χ2n) is 5.83. The van der Waals surface area contributed by atoms with Crippen LogP contribution in [-0.4, -0.2) is 54.9 Å². The predicted octanol–water partition coefficient (Wildman–Crippen LogP) is 2.28. The Hall–Kier alpha value is -1.75. The molecule has 126 valence electrons. The highest BCUT2D eigenvalue weighted by Crippen LogP contribution is 2.28. The van der Waals surface area contributed by atoms with Crippen LogP contribution in [-0.2, 0) is 16.0 Å². The molecule has 23 heavy (non-hydrogen) atoms. The van der Waals surface area contributed by atoms with Crippen LogP contribution in [0, 0.1) is 6.92 Å². The summed E-state index contributed by atoms with van der Waals surface area (Å²) in [6.07, 6.45) is 1.06. The van der Waals surface area contributed by atoms with Gasteiger partial charge in [-0.2, -0.15) is 0 Å². The van der Waals surface area contributed by atoms with Crippen LogP contribution >= 0.6 is 11.6 Å². The Morgan fingerprint density at radius 2 is 1.83 bits per heavy atom. The van der Waals surface area contributed by atoms with E-state index in [0.29, 0.717) is 37.0 Å². The standard InChI is InChI=1S/C17H23ClN2O3/c1-12-9-15(18)10-14(17(12)23-3)11-16(22)20-6-4-5-19(7-8-20)13(2)21/h9-10H,4-8,11H2,1-3H3. The molecule has 1 aliphatic rings. The van der Waals surface area contributed by atoms with Crippen molar-refractivity contribution in [1.29, 1.82) is 0 Å². The summed E-state index contributed by atoms with van der Waals surface area (Å²) in [5, 5.41) is 0.602. The smallest absolute Gasteiger partial charge is 0.227 e. The summed E-state index contributed by atoms with van der Waals surface area (Å²) in [5.41, 5.74) is 1.72. The third kappa shape index (κ3) is 4.38. The predicted molar refractivity (Wildman–Crippen MR) is 89.9 cm³/mol. The number of ether oxygens (including phenoxy) is 1. The van der Waals surface area contributed by atoms with Crippen LogP contribution in [0.5, 0.6) is 5.75 Å². The van der Waals surface area contributed by atoms with Gasteiger partial charge in [0, 0.05) is 43.7 Å². The number of hydrogen-bond donors (Lipinski definition) is 0. The van der Waals surface area contributed by atoms with Gasteiger partial charge in [0.05, 0.1) is 13.5 Å². The molecule has 0 aromatic heterocycles. The van der Waals surface area contributed by atoms with Gasteiger partial charge in [0.25, 0.3) is 0 Å². The molecule has 1 heterocycles. The number of halogens is 1. The lowest BCUT2D eigenvalue weighted by molar-refractivity contribution is -0.132. The molecule has 0 bridgehead atoms. The van der Waals surface area contributed by atoms with Gasteiger partial charge in [0.15, 0.2) is 0 Å². The van der Waals surface area contributed by atoms with Gasteiger partial charge in [-0.15, -0.1) is 0 Å². The fourth-order valence-corrected chi connectivity index (χ4v) is 3.27. The van der Waals surface area contributed by atoms with Gasteiger partial charge in [-0.05, 0) is 31.0 Å². The van der Waals surface area contributed by atoms with E-state index in [2.05, 4.69) is 0 Å². The number of methoxy groups -OCH3 is 1. The summed E-state index contributed by atoms with van der Waals surface area (Å²) in [4.78, 5) is 27.7. The highest BCUT2D eigenvalue weighted by molar-refractivity contribution is 6.30. The summed E-state index contributed by atoms with van der Waals surface area (Å²) in [7, 11) is 1.60. The highest BCUT2D eigenvalue weighted by Gasteiger charge is 2.22. The van der Waals surface area contributed by atoms with Crippen molar-refractivity contribution < 1.29 is 14.3 Å². The Morgan fingerprint density at radius 3 is 2.48 bits per heavy atom. The van der Waals surface area contributed by atoms with Crippen LogP contribution in [0.1, 0.15) is 24.5 Å². The normalized spacial score (nSPS) is 15.3. The van der Waals surface area contributed by atoms with Crippen LogP contribution in [0.15, 0.2) is 12.1 Å². The van der Waals surface area contributed by atoms with Crippen LogP contribution in [0.2, 0.25) is 5.02 Å². The second kappa shape index (κ2) is 7.68. The first-order valence-electron chi connectivity index (χ1n) is 7.78. The fraction of sp³-hybridized carbons (Fsp3) is 0.529. The fourth-order valence-electron chi connectivity index (χ4n) is 2.98. The molecule has 0 atom stereocenters. The molecular formula is C17H23ClN2O3. The summed E-state index contributed by atoms with van der Waals surface area (Å²) in [5.74, 6) is 0.810. The monoisotopic (exact) mass is 338 g/mol. The van der Waals surface area contributed by atoms with Gasteiger partial charge >= 0.3 is 0 Å². The number of carbonyl (C=O) groups excluding carboxylic acids is 2. The largest absolute Gasteiger partial charge is 0.496 e. The molecule has 1 saturated heterocycles. The molecule has 0 saturated carbocycles. The molecule has 1 aromatic rings. The Labute approximate surface area is 142 Å². The SMILES string of the molecule is COc1c(C)cc(Cl)cc1CC(=O)N1CCCN(C(C)=O)CC1. The minimum Gasteiger partial charge on any atom is -0.496 e. The van der Waals surface area contributed by atoms with E-state index in [-0.39, 0.29) is 18.2 Å². The Balaban J connectivity index is 2.09. The average molecular weight is 339 g/mol. The first kappa shape index (κ1) is 17.6. The average Bonchev–Trinajstić information content (AvgIpc) is 2.72. The molecular weight excluding hydrogens is 316 g/mol. The summed E-state index contributed by atoms with van der Waals surface area (Å²) in [6.45, 7) is 6.02. The van der Waals surface area contributed by atoms with Crippen LogP contribution in [0.3, 0.4) is 0 Å². The van der Waals surface area contributed by atoms with Crippen molar-refractivity contribution in [2.75, 3.05) is 33.3 Å². The molecule has 2 amide bonds. The first-order chi connectivity index (χ1) is 10.9. The van der Waals surface area contributed by atoms with E-state index in [4.69, 9.17) is 16.3 Å². The number of hydrogen-bond acceptors (Lipinski definition) is 3. The van der Waals surface area contributed by atoms with E-state index in [9.17, 15) is 9.59 Å². The van der Waals surface area contributed by atoms with Gasteiger partial charge in [-0.3, -0.25) is 9.59 Å². The zero-order valence-electron chi connectivity index (χ0n) is 13.9. The Morgan fingerprint density at radius 1 is 1.17 bits per heavy atom. The molecule has 2 rings (SSSR count). The van der Waals surface area contributed by atoms with Crippen LogP contribution in [0.4, 0.5) is 0 Å². The third-order valence-corrected chi connectivity index (χ3v) is 4.37. The van der Waals surface area contributed by atoms with Crippen molar-refractivity contribution in [2.24, 2.45) is 0 Å². The molecule has 1 aromatic carbocycles. The first-order valence-corrected chi connectivity index (χ1v) is 8.16. The number of amides is 2. The number of aryl methyl sites for hydroxylation is 1. The van der Waals surface area contributed by atoms with Gasteiger partial charge < -0.3 is 14.5 Å². The second-order valence-corrected chi connectivity index (χ2v) is 6.27. The molecule has 0 spiro atoms. The summed E-state index contributed by atoms with van der Waals surface area (Å²) in [6, 6.07) is 3.61. The maximum atomic E-state index is 12.6. The Bertz CT molecular complexity index is 604. The number of benzene rings is 1. The maximum Gasteiger partial charge on any atom is 0.227 e. The molecule has 6 heteroatoms. The van der Waals surface area contributed by atoms with Crippen molar-refractivity contribution >= 4 is 23.4 Å². The summed E-state index contributed by atoms with van der Waals surface area (Å²) < 4.78 is 5.41. The van der Waals surface area contributed by atoms with Crippen molar-refractivity contribution in [1.82, 2.24) is 9.80 Å². The topological polar surface area (TPSA) is 49.9 Å². The van der Waals surface area contributed by atoms with E-state index in [0.717, 1.165) is 17.5 Å². The lowest BCUT2D eigenvalue weighted by Crippen LogP contribution is -2.37. The molecule has 0 N–H and O–H groups in total. The van der Waals surface area contributed by atoms with E-state index in [1.165, 1.54) is 0 Å². The van der Waals surface area contributed by atoms with Crippen molar-refractivity contribution in [3.8, 4) is 5.75 Å². The molecule has 0 unspecified atom stereocenters. The van der Waals surface area contributed by atoms with Gasteiger partial charge in [0.1, 0.15) is 5.75 Å². The molecule has 1 fully saturated rings. The Kier molecular flexibility index (Phi) is 5.88. The zero-order chi connectivity index (χ0) is 17.0. The lowest BCUT2D eigenvalue weighted by atomic mass is 10.1. The number of carbonyl (C=O) groups is 2. The van der Waals surface area contributed by atoms with Crippen LogP contribution in [0.25, 0.3) is 0 Å². The number of nitrogens with zero attached hydrogens (tertiary/aromatic N) is 2. The maximum absolute atomic E-state index is 12.6. The van der Waals surface area contributed by atoms with E-state index < -0.39 is 0 Å². The molecule has 5 nitrogen and oxygen atoms in total. The molecule has 1 aliphatic heterocycles. The lowest BCUT2D eigenvalue weighted by Gasteiger charge is -2.22. The quantitative estimate of drug-likeness (QED) is 0.849. The van der Waals surface area contributed by atoms with Gasteiger partial charge in [0.2, 0.25) is 11.8 Å². The molecule has 0 aliphatic carbocycles. The molecule has 0 radical (unpaired) electrons. The minimum absolute atomic E-state index is 0.0374. The van der Waals surface area contributed by atoms with E-state index in [1.54, 1.807) is 25.0 Å². The number of rotatable bonds is 3. The van der Waals surface area contributed by atoms with Crippen molar-refractivity contribution in [3.63, 3.8) is 0 Å².